The van der Waals surface area contributed by atoms with Crippen LogP contribution in [0.15, 0.2) is 42.5 Å². The Hall–Kier alpha value is -2.70. The van der Waals surface area contributed by atoms with Crippen LogP contribution in [0.3, 0.4) is 0 Å². The van der Waals surface area contributed by atoms with Gasteiger partial charge < -0.3 is 10.6 Å². The molecular formula is C22H22ClN3O2S. The molecule has 0 fully saturated rings. The first kappa shape index (κ1) is 21.0. The van der Waals surface area contributed by atoms with E-state index in [2.05, 4.69) is 46.8 Å². The lowest BCUT2D eigenvalue weighted by Gasteiger charge is -2.09. The molecule has 29 heavy (non-hydrogen) atoms. The lowest BCUT2D eigenvalue weighted by Crippen LogP contribution is -2.36. The summed E-state index contributed by atoms with van der Waals surface area (Å²) in [4.78, 5) is 30.0. The van der Waals surface area contributed by atoms with Crippen molar-refractivity contribution in [2.24, 2.45) is 0 Å². The van der Waals surface area contributed by atoms with Gasteiger partial charge in [-0.15, -0.1) is 11.3 Å². The van der Waals surface area contributed by atoms with Crippen molar-refractivity contribution < 1.29 is 9.59 Å². The normalized spacial score (nSPS) is 10.6. The molecule has 1 aromatic heterocycles. The Kier molecular flexibility index (Phi) is 6.67. The van der Waals surface area contributed by atoms with E-state index in [-0.39, 0.29) is 0 Å². The second kappa shape index (κ2) is 9.20. The number of hydrogen-bond donors (Lipinski definition) is 2. The van der Waals surface area contributed by atoms with E-state index in [1.54, 1.807) is 29.5 Å². The van der Waals surface area contributed by atoms with Gasteiger partial charge in [0.2, 0.25) is 0 Å². The number of benzene rings is 2. The number of thiazole rings is 1. The van der Waals surface area contributed by atoms with Crippen molar-refractivity contribution in [2.45, 2.75) is 27.2 Å². The number of hydrogen-bond acceptors (Lipinski definition) is 4. The smallest absolute Gasteiger partial charge is 0.313 e. The fraction of sp³-hybridized carbons (Fsp3) is 0.227. The number of nitrogens with one attached hydrogen (secondary N) is 2. The summed E-state index contributed by atoms with van der Waals surface area (Å²) < 4.78 is 0. The highest BCUT2D eigenvalue weighted by Crippen LogP contribution is 2.28. The molecule has 0 bridgehead atoms. The van der Waals surface area contributed by atoms with Crippen LogP contribution in [0.25, 0.3) is 10.6 Å². The van der Waals surface area contributed by atoms with E-state index in [9.17, 15) is 9.59 Å². The van der Waals surface area contributed by atoms with Crippen LogP contribution in [0.1, 0.15) is 21.7 Å². The van der Waals surface area contributed by atoms with Crippen molar-refractivity contribution >= 4 is 40.4 Å². The number of anilines is 1. The van der Waals surface area contributed by atoms with Gasteiger partial charge in [0, 0.05) is 34.1 Å². The molecule has 3 aromatic rings. The second-order valence-corrected chi connectivity index (χ2v) is 8.33. The number of halogens is 1. The minimum Gasteiger partial charge on any atom is -0.347 e. The van der Waals surface area contributed by atoms with Crippen molar-refractivity contribution in [2.75, 3.05) is 11.9 Å². The Morgan fingerprint density at radius 2 is 1.76 bits per heavy atom. The van der Waals surface area contributed by atoms with Crippen molar-refractivity contribution in [1.82, 2.24) is 10.3 Å². The summed E-state index contributed by atoms with van der Waals surface area (Å²) in [7, 11) is 0. The zero-order valence-corrected chi connectivity index (χ0v) is 18.1. The monoisotopic (exact) mass is 427 g/mol. The van der Waals surface area contributed by atoms with Crippen LogP contribution in [0.5, 0.6) is 0 Å². The molecule has 0 aliphatic heterocycles. The molecule has 1 heterocycles. The third-order valence-electron chi connectivity index (χ3n) is 4.48. The van der Waals surface area contributed by atoms with Crippen LogP contribution in [-0.4, -0.2) is 23.3 Å². The first-order valence-electron chi connectivity index (χ1n) is 9.22. The van der Waals surface area contributed by atoms with Gasteiger partial charge in [-0.2, -0.15) is 0 Å². The molecule has 5 nitrogen and oxygen atoms in total. The molecule has 2 amide bonds. The number of carbonyl (C=O) groups is 2. The van der Waals surface area contributed by atoms with Gasteiger partial charge in [0.15, 0.2) is 0 Å². The Morgan fingerprint density at radius 1 is 1.03 bits per heavy atom. The average Bonchev–Trinajstić information content (AvgIpc) is 3.05. The minimum atomic E-state index is -0.711. The molecule has 3 rings (SSSR count). The van der Waals surface area contributed by atoms with Gasteiger partial charge in [0.05, 0.1) is 5.69 Å². The number of rotatable bonds is 5. The molecule has 150 valence electrons. The Balaban J connectivity index is 1.55. The van der Waals surface area contributed by atoms with Gasteiger partial charge in [0.25, 0.3) is 0 Å². The second-order valence-electron chi connectivity index (χ2n) is 6.81. The summed E-state index contributed by atoms with van der Waals surface area (Å²) in [5, 5.41) is 6.71. The van der Waals surface area contributed by atoms with Crippen LogP contribution in [0, 0.1) is 20.8 Å². The first-order valence-corrected chi connectivity index (χ1v) is 10.4. The van der Waals surface area contributed by atoms with E-state index in [1.807, 2.05) is 13.8 Å². The third kappa shape index (κ3) is 5.43. The highest BCUT2D eigenvalue weighted by Gasteiger charge is 2.15. The fourth-order valence-electron chi connectivity index (χ4n) is 2.76. The largest absolute Gasteiger partial charge is 0.347 e. The van der Waals surface area contributed by atoms with E-state index in [0.717, 1.165) is 26.7 Å². The fourth-order valence-corrected chi connectivity index (χ4v) is 4.00. The lowest BCUT2D eigenvalue weighted by molar-refractivity contribution is -0.136. The summed E-state index contributed by atoms with van der Waals surface area (Å²) in [6.07, 6.45) is 0.616. The Morgan fingerprint density at radius 3 is 2.48 bits per heavy atom. The van der Waals surface area contributed by atoms with Crippen molar-refractivity contribution in [1.29, 1.82) is 0 Å². The number of carbonyl (C=O) groups excluding carboxylic acids is 2. The summed E-state index contributed by atoms with van der Waals surface area (Å²) in [5.41, 5.74) is 4.59. The van der Waals surface area contributed by atoms with Gasteiger partial charge in [-0.3, -0.25) is 9.59 Å². The molecule has 2 N–H and O–H groups in total. The van der Waals surface area contributed by atoms with E-state index < -0.39 is 11.8 Å². The molecule has 0 unspecified atom stereocenters. The van der Waals surface area contributed by atoms with E-state index in [1.165, 1.54) is 5.56 Å². The third-order valence-corrected chi connectivity index (χ3v) is 5.98. The predicted octanol–water partition coefficient (Wildman–Crippen LogP) is 4.69. The van der Waals surface area contributed by atoms with Gasteiger partial charge in [-0.1, -0.05) is 47.5 Å². The molecule has 0 radical (unpaired) electrons. The molecule has 7 heteroatoms. The van der Waals surface area contributed by atoms with Crippen LogP contribution < -0.4 is 10.6 Å². The summed E-state index contributed by atoms with van der Waals surface area (Å²) >= 11 is 7.55. The minimum absolute atomic E-state index is 0.358. The van der Waals surface area contributed by atoms with Crippen LogP contribution in [0.4, 0.5) is 5.69 Å². The summed E-state index contributed by atoms with van der Waals surface area (Å²) in [6.45, 7) is 6.20. The maximum absolute atomic E-state index is 12.1. The molecule has 0 atom stereocenters. The molecular weight excluding hydrogens is 406 g/mol. The predicted molar refractivity (Wildman–Crippen MR) is 119 cm³/mol. The van der Waals surface area contributed by atoms with Crippen LogP contribution in [0.2, 0.25) is 5.02 Å². The number of nitrogens with zero attached hydrogens (tertiary/aromatic N) is 1. The molecule has 0 spiro atoms. The van der Waals surface area contributed by atoms with Crippen molar-refractivity contribution in [3.8, 4) is 10.6 Å². The highest BCUT2D eigenvalue weighted by molar-refractivity contribution is 7.15. The van der Waals surface area contributed by atoms with Crippen LogP contribution >= 0.6 is 22.9 Å². The SMILES string of the molecule is Cc1ccc(-c2nc(C)c(CCNC(=O)C(=O)Nc3cc(Cl)ccc3C)s2)cc1. The number of aromatic nitrogens is 1. The zero-order chi connectivity index (χ0) is 21.0. The molecule has 0 aliphatic rings. The van der Waals surface area contributed by atoms with Gasteiger partial charge in [0.1, 0.15) is 5.01 Å². The average molecular weight is 428 g/mol. The van der Waals surface area contributed by atoms with E-state index in [0.29, 0.717) is 23.7 Å². The van der Waals surface area contributed by atoms with Crippen molar-refractivity contribution in [3.05, 3.63) is 69.2 Å². The van der Waals surface area contributed by atoms with Crippen molar-refractivity contribution in [3.63, 3.8) is 0 Å². The van der Waals surface area contributed by atoms with E-state index >= 15 is 0 Å². The first-order chi connectivity index (χ1) is 13.8. The summed E-state index contributed by atoms with van der Waals surface area (Å²) in [5.74, 6) is -1.39. The van der Waals surface area contributed by atoms with Gasteiger partial charge in [-0.05, 0) is 38.5 Å². The molecule has 0 aliphatic carbocycles. The van der Waals surface area contributed by atoms with Crippen LogP contribution in [-0.2, 0) is 16.0 Å². The quantitative estimate of drug-likeness (QED) is 0.580. The van der Waals surface area contributed by atoms with Gasteiger partial charge in [-0.25, -0.2) is 4.98 Å². The maximum atomic E-state index is 12.1. The zero-order valence-electron chi connectivity index (χ0n) is 16.5. The Labute approximate surface area is 179 Å². The molecule has 0 saturated heterocycles. The standard InChI is InChI=1S/C22H22ClN3O2S/c1-13-4-7-16(8-5-13)22-25-15(3)19(29-22)10-11-24-20(27)21(28)26-18-12-17(23)9-6-14(18)2/h4-9,12H,10-11H2,1-3H3,(H,24,27)(H,26,28). The van der Waals surface area contributed by atoms with Gasteiger partial charge >= 0.3 is 11.8 Å². The molecule has 0 saturated carbocycles. The highest BCUT2D eigenvalue weighted by atomic mass is 35.5. The summed E-state index contributed by atoms with van der Waals surface area (Å²) in [6, 6.07) is 13.4. The number of amides is 2. The topological polar surface area (TPSA) is 71.1 Å². The van der Waals surface area contributed by atoms with E-state index in [4.69, 9.17) is 11.6 Å². The molecule has 2 aromatic carbocycles. The lowest BCUT2D eigenvalue weighted by atomic mass is 10.2. The Bertz CT molecular complexity index is 1040. The maximum Gasteiger partial charge on any atom is 0.313 e. The number of aryl methyl sites for hydroxylation is 3.